The number of aromatic nitrogens is 4. The minimum atomic E-state index is -0.298. The fourth-order valence-electron chi connectivity index (χ4n) is 4.17. The van der Waals surface area contributed by atoms with E-state index in [-0.39, 0.29) is 11.8 Å². The third kappa shape index (κ3) is 4.68. The summed E-state index contributed by atoms with van der Waals surface area (Å²) in [5, 5.41) is 8.58. The molecule has 0 aliphatic carbocycles. The molecule has 0 saturated carbocycles. The van der Waals surface area contributed by atoms with Gasteiger partial charge in [-0.1, -0.05) is 0 Å². The van der Waals surface area contributed by atoms with Gasteiger partial charge < -0.3 is 15.6 Å². The topological polar surface area (TPSA) is 116 Å². The average molecular weight is 476 g/mol. The van der Waals surface area contributed by atoms with Crippen LogP contribution in [0.2, 0.25) is 0 Å². The van der Waals surface area contributed by atoms with Crippen molar-refractivity contribution in [3.05, 3.63) is 53.4 Å². The molecule has 0 spiro atoms. The van der Waals surface area contributed by atoms with Gasteiger partial charge in [0.1, 0.15) is 5.65 Å². The molecule has 1 aliphatic heterocycles. The number of pyridine rings is 2. The summed E-state index contributed by atoms with van der Waals surface area (Å²) in [4.78, 5) is 39.6. The molecule has 174 valence electrons. The monoisotopic (exact) mass is 475 g/mol. The number of rotatable bonds is 6. The summed E-state index contributed by atoms with van der Waals surface area (Å²) in [6.07, 6.45) is 7.16. The Morgan fingerprint density at radius 3 is 2.82 bits per heavy atom. The van der Waals surface area contributed by atoms with Gasteiger partial charge in [0.05, 0.1) is 41.1 Å². The molecule has 1 aliphatic rings. The van der Waals surface area contributed by atoms with Crippen molar-refractivity contribution in [2.24, 2.45) is 0 Å². The Morgan fingerprint density at radius 2 is 2.06 bits per heavy atom. The number of aromatic amines is 1. The third-order valence-electron chi connectivity index (χ3n) is 6.13. The average Bonchev–Trinajstić information content (AvgIpc) is 3.57. The van der Waals surface area contributed by atoms with Crippen molar-refractivity contribution in [3.63, 3.8) is 0 Å². The molecule has 9 nitrogen and oxygen atoms in total. The summed E-state index contributed by atoms with van der Waals surface area (Å²) < 4.78 is 4.13. The predicted octanol–water partition coefficient (Wildman–Crippen LogP) is 4.06. The molecule has 3 N–H and O–H groups in total. The zero-order valence-electron chi connectivity index (χ0n) is 19.0. The second-order valence-corrected chi connectivity index (χ2v) is 9.24. The lowest BCUT2D eigenvalue weighted by molar-refractivity contribution is -0.117. The van der Waals surface area contributed by atoms with Crippen molar-refractivity contribution < 1.29 is 9.59 Å². The van der Waals surface area contributed by atoms with Crippen LogP contribution in [0.25, 0.3) is 22.3 Å². The lowest BCUT2D eigenvalue weighted by Crippen LogP contribution is -2.35. The molecule has 4 aromatic rings. The predicted molar refractivity (Wildman–Crippen MR) is 133 cm³/mol. The van der Waals surface area contributed by atoms with Crippen molar-refractivity contribution in [2.75, 3.05) is 23.7 Å². The van der Waals surface area contributed by atoms with Crippen LogP contribution >= 0.6 is 11.5 Å². The van der Waals surface area contributed by atoms with E-state index < -0.39 is 0 Å². The molecule has 2 amide bonds. The summed E-state index contributed by atoms with van der Waals surface area (Å²) in [5.41, 5.74) is 4.75. The first-order chi connectivity index (χ1) is 16.5. The first-order valence-electron chi connectivity index (χ1n) is 11.2. The van der Waals surface area contributed by atoms with Crippen LogP contribution in [0.3, 0.4) is 0 Å². The van der Waals surface area contributed by atoms with Gasteiger partial charge in [0, 0.05) is 34.8 Å². The van der Waals surface area contributed by atoms with Crippen molar-refractivity contribution in [1.82, 2.24) is 24.2 Å². The minimum Gasteiger partial charge on any atom is -0.339 e. The molecule has 5 heterocycles. The molecule has 1 atom stereocenters. The molecule has 0 radical (unpaired) electrons. The number of anilines is 2. The molecule has 5 rings (SSSR count). The summed E-state index contributed by atoms with van der Waals surface area (Å²) in [6.45, 7) is 5.23. The normalized spacial score (nSPS) is 16.1. The number of hydrogen-bond acceptors (Lipinski definition) is 7. The first-order valence-corrected chi connectivity index (χ1v) is 12.0. The molecule has 1 saturated heterocycles. The molecule has 0 unspecified atom stereocenters. The number of aryl methyl sites for hydroxylation is 1. The van der Waals surface area contributed by atoms with E-state index in [0.717, 1.165) is 36.0 Å². The quantitative estimate of drug-likeness (QED) is 0.387. The molecule has 1 fully saturated rings. The maximum atomic E-state index is 13.0. The van der Waals surface area contributed by atoms with E-state index in [0.29, 0.717) is 40.9 Å². The molecule has 0 bridgehead atoms. The molecule has 10 heteroatoms. The van der Waals surface area contributed by atoms with Gasteiger partial charge in [-0.25, -0.2) is 9.36 Å². The highest BCUT2D eigenvalue weighted by atomic mass is 32.1. The van der Waals surface area contributed by atoms with Gasteiger partial charge in [0.15, 0.2) is 0 Å². The maximum Gasteiger partial charge on any atom is 0.257 e. The Labute approximate surface area is 200 Å². The van der Waals surface area contributed by atoms with Crippen LogP contribution in [0.15, 0.2) is 42.2 Å². The van der Waals surface area contributed by atoms with Gasteiger partial charge >= 0.3 is 0 Å². The number of amides is 2. The first kappa shape index (κ1) is 22.2. The maximum absolute atomic E-state index is 13.0. The van der Waals surface area contributed by atoms with E-state index >= 15 is 0 Å². The summed E-state index contributed by atoms with van der Waals surface area (Å²) in [5.74, 6) is -0.385. The summed E-state index contributed by atoms with van der Waals surface area (Å²) in [7, 11) is 0. The second-order valence-electron chi connectivity index (χ2n) is 8.58. The van der Waals surface area contributed by atoms with Crippen LogP contribution in [0.4, 0.5) is 11.4 Å². The molecule has 34 heavy (non-hydrogen) atoms. The SMILES string of the molecule is Cc1ncc(NC(=O)CN2CCC[C@@H]2C)cc1NC(=O)c1cnc2[nH]c(-c3cnsc3)cc2c1. The highest BCUT2D eigenvalue weighted by Gasteiger charge is 2.22. The Balaban J connectivity index is 1.29. The van der Waals surface area contributed by atoms with Crippen molar-refractivity contribution in [2.45, 2.75) is 32.7 Å². The van der Waals surface area contributed by atoms with Gasteiger partial charge in [-0.3, -0.25) is 19.5 Å². The van der Waals surface area contributed by atoms with Gasteiger partial charge in [-0.2, -0.15) is 0 Å². The van der Waals surface area contributed by atoms with Crippen LogP contribution in [0, 0.1) is 6.92 Å². The summed E-state index contributed by atoms with van der Waals surface area (Å²) >= 11 is 1.38. The highest BCUT2D eigenvalue weighted by Crippen LogP contribution is 2.25. The standard InChI is InChI=1S/C24H25N7O2S/c1-14-4-3-5-31(14)12-22(32)28-19-8-20(15(2)25-11-19)30-24(33)17-6-16-7-21(18-10-27-34-13-18)29-23(16)26-9-17/h6-11,13-14H,3-5,12H2,1-2H3,(H,26,29)(H,28,32)(H,30,33)/t14-/m0/s1. The molecule has 0 aromatic carbocycles. The van der Waals surface area contributed by atoms with Gasteiger partial charge in [0.2, 0.25) is 5.91 Å². The lowest BCUT2D eigenvalue weighted by atomic mass is 10.2. The van der Waals surface area contributed by atoms with Crippen LogP contribution in [-0.4, -0.2) is 55.2 Å². The lowest BCUT2D eigenvalue weighted by Gasteiger charge is -2.20. The second kappa shape index (κ2) is 9.32. The van der Waals surface area contributed by atoms with Crippen LogP contribution in [0.5, 0.6) is 0 Å². The molecule has 4 aromatic heterocycles. The van der Waals surface area contributed by atoms with Gasteiger partial charge in [0.25, 0.3) is 5.91 Å². The van der Waals surface area contributed by atoms with Crippen LogP contribution < -0.4 is 10.6 Å². The zero-order valence-corrected chi connectivity index (χ0v) is 19.8. The fraction of sp³-hybridized carbons (Fsp3) is 0.292. The number of nitrogens with one attached hydrogen (secondary N) is 3. The van der Waals surface area contributed by atoms with Crippen molar-refractivity contribution in [3.8, 4) is 11.3 Å². The Kier molecular flexibility index (Phi) is 6.08. The van der Waals surface area contributed by atoms with E-state index in [1.165, 1.54) is 17.7 Å². The fourth-order valence-corrected chi connectivity index (χ4v) is 4.70. The number of likely N-dealkylation sites (tertiary alicyclic amines) is 1. The number of H-pyrrole nitrogens is 1. The van der Waals surface area contributed by atoms with Crippen molar-refractivity contribution in [1.29, 1.82) is 0 Å². The third-order valence-corrected chi connectivity index (χ3v) is 6.72. The van der Waals surface area contributed by atoms with E-state index in [2.05, 4.69) is 41.8 Å². The minimum absolute atomic E-state index is 0.0876. The highest BCUT2D eigenvalue weighted by molar-refractivity contribution is 7.03. The van der Waals surface area contributed by atoms with Crippen molar-refractivity contribution >= 4 is 45.8 Å². The van der Waals surface area contributed by atoms with Crippen LogP contribution in [0.1, 0.15) is 35.8 Å². The van der Waals surface area contributed by atoms with E-state index in [4.69, 9.17) is 0 Å². The number of fused-ring (bicyclic) bond motifs is 1. The molecular weight excluding hydrogens is 450 g/mol. The van der Waals surface area contributed by atoms with Crippen LogP contribution in [-0.2, 0) is 4.79 Å². The molecular formula is C24H25N7O2S. The Morgan fingerprint density at radius 1 is 1.18 bits per heavy atom. The van der Waals surface area contributed by atoms with Gasteiger partial charge in [-0.15, -0.1) is 0 Å². The van der Waals surface area contributed by atoms with E-state index in [1.807, 2.05) is 18.4 Å². The largest absolute Gasteiger partial charge is 0.339 e. The zero-order chi connectivity index (χ0) is 23.7. The van der Waals surface area contributed by atoms with Gasteiger partial charge in [-0.05, 0) is 63.0 Å². The summed E-state index contributed by atoms with van der Waals surface area (Å²) in [6, 6.07) is 5.90. The smallest absolute Gasteiger partial charge is 0.257 e. The number of nitrogens with zero attached hydrogens (tertiary/aromatic N) is 4. The Bertz CT molecular complexity index is 1350. The number of carbonyl (C=O) groups excluding carboxylic acids is 2. The van der Waals surface area contributed by atoms with E-state index in [9.17, 15) is 9.59 Å². The van der Waals surface area contributed by atoms with E-state index in [1.54, 1.807) is 24.5 Å². The number of carbonyl (C=O) groups is 2. The Hall–Kier alpha value is -3.63. The number of hydrogen-bond donors (Lipinski definition) is 3.